The van der Waals surface area contributed by atoms with Crippen molar-refractivity contribution in [1.82, 2.24) is 10.3 Å². The van der Waals surface area contributed by atoms with Gasteiger partial charge in [-0.15, -0.1) is 0 Å². The molecule has 0 aliphatic rings. The van der Waals surface area contributed by atoms with E-state index in [0.29, 0.717) is 17.7 Å². The maximum absolute atomic E-state index is 13.7. The number of halogens is 2. The maximum Gasteiger partial charge on any atom is 0.251 e. The smallest absolute Gasteiger partial charge is 0.251 e. The van der Waals surface area contributed by atoms with Gasteiger partial charge in [0.25, 0.3) is 5.91 Å². The van der Waals surface area contributed by atoms with Crippen LogP contribution in [-0.4, -0.2) is 10.9 Å². The van der Waals surface area contributed by atoms with Crippen LogP contribution in [0.4, 0.5) is 8.78 Å². The molecule has 2 aromatic carbocycles. The van der Waals surface area contributed by atoms with E-state index >= 15 is 0 Å². The Kier molecular flexibility index (Phi) is 5.53. The normalized spacial score (nSPS) is 10.4. The monoisotopic (exact) mass is 354 g/mol. The van der Waals surface area contributed by atoms with Crippen molar-refractivity contribution in [3.63, 3.8) is 0 Å². The third-order valence-corrected chi connectivity index (χ3v) is 3.71. The van der Waals surface area contributed by atoms with Crippen LogP contribution in [0.1, 0.15) is 21.5 Å². The second kappa shape index (κ2) is 8.20. The molecule has 0 bridgehead atoms. The van der Waals surface area contributed by atoms with Crippen LogP contribution in [0.15, 0.2) is 67.0 Å². The summed E-state index contributed by atoms with van der Waals surface area (Å²) in [6, 6.07) is 13.6. The zero-order chi connectivity index (χ0) is 18.4. The topological polar surface area (TPSA) is 51.2 Å². The van der Waals surface area contributed by atoms with E-state index in [9.17, 15) is 13.6 Å². The van der Waals surface area contributed by atoms with E-state index in [0.717, 1.165) is 17.7 Å². The Morgan fingerprint density at radius 1 is 1.08 bits per heavy atom. The van der Waals surface area contributed by atoms with Crippen LogP contribution in [0.25, 0.3) is 0 Å². The van der Waals surface area contributed by atoms with Crippen molar-refractivity contribution in [1.29, 1.82) is 0 Å². The van der Waals surface area contributed by atoms with Crippen molar-refractivity contribution >= 4 is 5.91 Å². The zero-order valence-corrected chi connectivity index (χ0v) is 13.8. The van der Waals surface area contributed by atoms with Crippen LogP contribution in [0.2, 0.25) is 0 Å². The molecule has 1 N–H and O–H groups in total. The molecule has 26 heavy (non-hydrogen) atoms. The van der Waals surface area contributed by atoms with E-state index in [1.54, 1.807) is 42.7 Å². The highest BCUT2D eigenvalue weighted by atomic mass is 19.1. The molecule has 0 spiro atoms. The van der Waals surface area contributed by atoms with Gasteiger partial charge in [0.05, 0.1) is 0 Å². The molecule has 3 aromatic rings. The molecule has 1 amide bonds. The van der Waals surface area contributed by atoms with Gasteiger partial charge in [-0.3, -0.25) is 9.78 Å². The van der Waals surface area contributed by atoms with Crippen LogP contribution < -0.4 is 10.1 Å². The highest BCUT2D eigenvalue weighted by molar-refractivity contribution is 5.95. The van der Waals surface area contributed by atoms with E-state index < -0.39 is 11.6 Å². The number of amides is 1. The van der Waals surface area contributed by atoms with Crippen molar-refractivity contribution in [2.75, 3.05) is 0 Å². The van der Waals surface area contributed by atoms with Gasteiger partial charge in [-0.25, -0.2) is 8.78 Å². The second-order valence-corrected chi connectivity index (χ2v) is 5.56. The lowest BCUT2D eigenvalue weighted by atomic mass is 10.1. The number of carbonyl (C=O) groups excluding carboxylic acids is 1. The predicted octanol–water partition coefficient (Wildman–Crippen LogP) is 3.87. The number of nitrogens with one attached hydrogen (secondary N) is 1. The SMILES string of the molecule is O=C(NCc1cccnc1)c1ccccc1COc1ccc(F)cc1F. The van der Waals surface area contributed by atoms with E-state index in [4.69, 9.17) is 4.74 Å². The summed E-state index contributed by atoms with van der Waals surface area (Å²) in [5.74, 6) is -1.81. The minimum Gasteiger partial charge on any atom is -0.486 e. The van der Waals surface area contributed by atoms with E-state index in [-0.39, 0.29) is 18.3 Å². The summed E-state index contributed by atoms with van der Waals surface area (Å²) in [5.41, 5.74) is 1.90. The Balaban J connectivity index is 1.68. The molecule has 3 rings (SSSR count). The molecule has 0 aliphatic carbocycles. The van der Waals surface area contributed by atoms with Crippen molar-refractivity contribution in [2.24, 2.45) is 0 Å². The number of pyridine rings is 1. The number of nitrogens with zero attached hydrogens (tertiary/aromatic N) is 1. The lowest BCUT2D eigenvalue weighted by molar-refractivity contribution is 0.0948. The summed E-state index contributed by atoms with van der Waals surface area (Å²) < 4.78 is 32.0. The summed E-state index contributed by atoms with van der Waals surface area (Å²) in [6.45, 7) is 0.327. The first-order valence-electron chi connectivity index (χ1n) is 7.96. The lowest BCUT2D eigenvalue weighted by Crippen LogP contribution is -2.24. The first kappa shape index (κ1) is 17.5. The Morgan fingerprint density at radius 2 is 1.92 bits per heavy atom. The number of ether oxygens (including phenoxy) is 1. The van der Waals surface area contributed by atoms with Crippen LogP contribution in [0.5, 0.6) is 5.75 Å². The number of hydrogen-bond donors (Lipinski definition) is 1. The molecule has 0 fully saturated rings. The van der Waals surface area contributed by atoms with Crippen molar-refractivity contribution in [3.8, 4) is 5.75 Å². The number of hydrogen-bond acceptors (Lipinski definition) is 3. The summed E-state index contributed by atoms with van der Waals surface area (Å²) >= 11 is 0. The second-order valence-electron chi connectivity index (χ2n) is 5.56. The Hall–Kier alpha value is -3.28. The molecule has 0 saturated carbocycles. The molecule has 0 radical (unpaired) electrons. The highest BCUT2D eigenvalue weighted by Gasteiger charge is 2.12. The summed E-state index contributed by atoms with van der Waals surface area (Å²) in [6.07, 6.45) is 3.33. The lowest BCUT2D eigenvalue weighted by Gasteiger charge is -2.12. The average molecular weight is 354 g/mol. The van der Waals surface area contributed by atoms with Crippen molar-refractivity contribution < 1.29 is 18.3 Å². The number of rotatable bonds is 6. The molecule has 132 valence electrons. The maximum atomic E-state index is 13.7. The van der Waals surface area contributed by atoms with Gasteiger partial charge in [-0.05, 0) is 29.8 Å². The molecule has 6 heteroatoms. The average Bonchev–Trinajstić information content (AvgIpc) is 2.66. The first-order chi connectivity index (χ1) is 12.6. The van der Waals surface area contributed by atoms with Crippen molar-refractivity contribution in [2.45, 2.75) is 13.2 Å². The molecule has 0 aliphatic heterocycles. The van der Waals surface area contributed by atoms with E-state index in [2.05, 4.69) is 10.3 Å². The number of benzene rings is 2. The van der Waals surface area contributed by atoms with Gasteiger partial charge in [0, 0.05) is 36.1 Å². The summed E-state index contributed by atoms with van der Waals surface area (Å²) in [7, 11) is 0. The van der Waals surface area contributed by atoms with Crippen LogP contribution >= 0.6 is 0 Å². The van der Waals surface area contributed by atoms with E-state index in [1.165, 1.54) is 6.07 Å². The molecular weight excluding hydrogens is 338 g/mol. The minimum absolute atomic E-state index is 0.0148. The highest BCUT2D eigenvalue weighted by Crippen LogP contribution is 2.20. The predicted molar refractivity (Wildman–Crippen MR) is 92.5 cm³/mol. The molecule has 1 heterocycles. The summed E-state index contributed by atoms with van der Waals surface area (Å²) in [4.78, 5) is 16.4. The zero-order valence-electron chi connectivity index (χ0n) is 13.8. The van der Waals surface area contributed by atoms with Gasteiger partial charge in [0.1, 0.15) is 12.4 Å². The quantitative estimate of drug-likeness (QED) is 0.731. The minimum atomic E-state index is -0.788. The fourth-order valence-electron chi connectivity index (χ4n) is 2.40. The molecule has 4 nitrogen and oxygen atoms in total. The number of carbonyl (C=O) groups is 1. The molecule has 0 unspecified atom stereocenters. The van der Waals surface area contributed by atoms with E-state index in [1.807, 2.05) is 6.07 Å². The fraction of sp³-hybridized carbons (Fsp3) is 0.100. The molecular formula is C20H16F2N2O2. The third-order valence-electron chi connectivity index (χ3n) is 3.71. The fourth-order valence-corrected chi connectivity index (χ4v) is 2.40. The number of aromatic nitrogens is 1. The Morgan fingerprint density at radius 3 is 2.69 bits per heavy atom. The molecule has 0 atom stereocenters. The standard InChI is InChI=1S/C20H16F2N2O2/c21-16-7-8-19(18(22)10-16)26-13-15-5-1-2-6-17(15)20(25)24-12-14-4-3-9-23-11-14/h1-11H,12-13H2,(H,24,25). The van der Waals surface area contributed by atoms with Crippen LogP contribution in [0.3, 0.4) is 0 Å². The van der Waals surface area contributed by atoms with Gasteiger partial charge in [0.2, 0.25) is 0 Å². The Bertz CT molecular complexity index is 901. The third kappa shape index (κ3) is 4.42. The Labute approximate surface area is 149 Å². The van der Waals surface area contributed by atoms with Gasteiger partial charge in [-0.1, -0.05) is 24.3 Å². The molecule has 0 saturated heterocycles. The van der Waals surface area contributed by atoms with Gasteiger partial charge >= 0.3 is 0 Å². The van der Waals surface area contributed by atoms with Gasteiger partial charge in [-0.2, -0.15) is 0 Å². The van der Waals surface area contributed by atoms with Crippen LogP contribution in [-0.2, 0) is 13.2 Å². The largest absolute Gasteiger partial charge is 0.486 e. The first-order valence-corrected chi connectivity index (χ1v) is 7.96. The van der Waals surface area contributed by atoms with Gasteiger partial charge < -0.3 is 10.1 Å². The van der Waals surface area contributed by atoms with Crippen molar-refractivity contribution in [3.05, 3.63) is 95.3 Å². The van der Waals surface area contributed by atoms with Crippen LogP contribution in [0, 0.1) is 11.6 Å². The summed E-state index contributed by atoms with van der Waals surface area (Å²) in [5, 5.41) is 2.81. The van der Waals surface area contributed by atoms with Gasteiger partial charge in [0.15, 0.2) is 11.6 Å². The molecule has 1 aromatic heterocycles.